The highest BCUT2D eigenvalue weighted by Gasteiger charge is 2.23. The largest absolute Gasteiger partial charge is 0.337 e. The molecule has 130 valence electrons. The molecule has 0 aliphatic heterocycles. The van der Waals surface area contributed by atoms with Gasteiger partial charge in [0.05, 0.1) is 5.69 Å². The van der Waals surface area contributed by atoms with Crippen LogP contribution in [0.15, 0.2) is 24.3 Å². The predicted octanol–water partition coefficient (Wildman–Crippen LogP) is 3.20. The van der Waals surface area contributed by atoms with Crippen molar-refractivity contribution >= 4 is 11.6 Å². The highest BCUT2D eigenvalue weighted by Crippen LogP contribution is 2.19. The van der Waals surface area contributed by atoms with E-state index in [1.165, 1.54) is 11.0 Å². The average molecular weight is 344 g/mol. The highest BCUT2D eigenvalue weighted by atomic mass is 19.2. The minimum absolute atomic E-state index is 0.150. The zero-order chi connectivity index (χ0) is 18.3. The van der Waals surface area contributed by atoms with Crippen LogP contribution in [0.25, 0.3) is 5.65 Å². The first-order valence-electron chi connectivity index (χ1n) is 7.81. The highest BCUT2D eigenvalue weighted by molar-refractivity contribution is 6.00. The molecule has 1 amide bonds. The lowest BCUT2D eigenvalue weighted by Crippen LogP contribution is -2.27. The van der Waals surface area contributed by atoms with E-state index in [4.69, 9.17) is 0 Å². The van der Waals surface area contributed by atoms with Gasteiger partial charge in [-0.3, -0.25) is 4.79 Å². The van der Waals surface area contributed by atoms with E-state index >= 15 is 0 Å². The Labute approximate surface area is 143 Å². The second-order valence-electron chi connectivity index (χ2n) is 6.14. The molecule has 0 fully saturated rings. The Morgan fingerprint density at radius 2 is 1.88 bits per heavy atom. The molecular formula is C18H18F2N4O. The lowest BCUT2D eigenvalue weighted by molar-refractivity contribution is 0.0786. The van der Waals surface area contributed by atoms with Crippen molar-refractivity contribution in [1.29, 1.82) is 0 Å². The molecule has 0 saturated heterocycles. The summed E-state index contributed by atoms with van der Waals surface area (Å²) in [5, 5.41) is 4.39. The molecule has 0 N–H and O–H groups in total. The summed E-state index contributed by atoms with van der Waals surface area (Å²) in [7, 11) is 1.61. The molecule has 0 aliphatic rings. The lowest BCUT2D eigenvalue weighted by atomic mass is 10.1. The Kier molecular flexibility index (Phi) is 4.24. The molecule has 0 aliphatic carbocycles. The fraction of sp³-hybridized carbons (Fsp3) is 0.278. The summed E-state index contributed by atoms with van der Waals surface area (Å²) < 4.78 is 28.0. The van der Waals surface area contributed by atoms with Crippen LogP contribution in [-0.4, -0.2) is 32.5 Å². The van der Waals surface area contributed by atoms with Crippen molar-refractivity contribution in [3.05, 3.63) is 64.1 Å². The number of aryl methyl sites for hydroxylation is 3. The molecule has 0 radical (unpaired) electrons. The Bertz CT molecular complexity index is 981. The Morgan fingerprint density at radius 1 is 1.16 bits per heavy atom. The monoisotopic (exact) mass is 344 g/mol. The molecule has 1 aromatic carbocycles. The minimum atomic E-state index is -0.932. The number of nitrogens with zero attached hydrogens (tertiary/aromatic N) is 4. The second kappa shape index (κ2) is 6.23. The maximum absolute atomic E-state index is 13.4. The van der Waals surface area contributed by atoms with Gasteiger partial charge in [0.1, 0.15) is 5.56 Å². The van der Waals surface area contributed by atoms with Gasteiger partial charge in [0.25, 0.3) is 5.91 Å². The van der Waals surface area contributed by atoms with Crippen LogP contribution in [0.1, 0.15) is 33.0 Å². The summed E-state index contributed by atoms with van der Waals surface area (Å²) in [5.74, 6) is -2.11. The van der Waals surface area contributed by atoms with E-state index in [-0.39, 0.29) is 12.5 Å². The third-order valence-electron chi connectivity index (χ3n) is 4.03. The van der Waals surface area contributed by atoms with E-state index in [1.807, 2.05) is 19.9 Å². The molecule has 0 spiro atoms. The Balaban J connectivity index is 1.96. The van der Waals surface area contributed by atoms with Gasteiger partial charge in [-0.2, -0.15) is 5.10 Å². The number of hydrogen-bond acceptors (Lipinski definition) is 3. The third kappa shape index (κ3) is 3.09. The minimum Gasteiger partial charge on any atom is -0.337 e. The molecule has 0 unspecified atom stereocenters. The molecule has 0 atom stereocenters. The van der Waals surface area contributed by atoms with E-state index in [1.54, 1.807) is 18.5 Å². The fourth-order valence-electron chi connectivity index (χ4n) is 2.85. The van der Waals surface area contributed by atoms with Crippen molar-refractivity contribution in [3.8, 4) is 0 Å². The number of halogens is 2. The van der Waals surface area contributed by atoms with Crippen LogP contribution in [0, 0.1) is 32.4 Å². The van der Waals surface area contributed by atoms with E-state index < -0.39 is 11.6 Å². The quantitative estimate of drug-likeness (QED) is 0.733. The summed E-state index contributed by atoms with van der Waals surface area (Å²) in [6.07, 6.45) is 0. The first-order valence-corrected chi connectivity index (χ1v) is 7.81. The van der Waals surface area contributed by atoms with Gasteiger partial charge >= 0.3 is 0 Å². The molecule has 5 nitrogen and oxygen atoms in total. The molecule has 7 heteroatoms. The maximum atomic E-state index is 13.4. The van der Waals surface area contributed by atoms with E-state index in [9.17, 15) is 13.6 Å². The van der Waals surface area contributed by atoms with Gasteiger partial charge in [-0.05, 0) is 44.5 Å². The van der Waals surface area contributed by atoms with Gasteiger partial charge in [-0.25, -0.2) is 18.3 Å². The normalized spacial score (nSPS) is 11.1. The van der Waals surface area contributed by atoms with Crippen molar-refractivity contribution in [1.82, 2.24) is 19.5 Å². The summed E-state index contributed by atoms with van der Waals surface area (Å²) in [6, 6.07) is 5.49. The third-order valence-corrected chi connectivity index (χ3v) is 4.03. The Morgan fingerprint density at radius 3 is 2.56 bits per heavy atom. The number of fused-ring (bicyclic) bond motifs is 1. The number of rotatable bonds is 3. The van der Waals surface area contributed by atoms with Crippen LogP contribution < -0.4 is 0 Å². The average Bonchev–Trinajstić information content (AvgIpc) is 2.86. The fourth-order valence-corrected chi connectivity index (χ4v) is 2.85. The van der Waals surface area contributed by atoms with Gasteiger partial charge in [-0.1, -0.05) is 6.07 Å². The predicted molar refractivity (Wildman–Crippen MR) is 89.4 cm³/mol. The van der Waals surface area contributed by atoms with Gasteiger partial charge in [0.2, 0.25) is 0 Å². The Hall–Kier alpha value is -2.83. The van der Waals surface area contributed by atoms with Crippen molar-refractivity contribution in [2.24, 2.45) is 0 Å². The van der Waals surface area contributed by atoms with Gasteiger partial charge < -0.3 is 4.90 Å². The zero-order valence-electron chi connectivity index (χ0n) is 14.5. The lowest BCUT2D eigenvalue weighted by Gasteiger charge is -2.17. The molecule has 25 heavy (non-hydrogen) atoms. The maximum Gasteiger partial charge on any atom is 0.259 e. The topological polar surface area (TPSA) is 50.5 Å². The van der Waals surface area contributed by atoms with E-state index in [2.05, 4.69) is 10.1 Å². The number of benzene rings is 1. The molecule has 2 heterocycles. The van der Waals surface area contributed by atoms with Crippen LogP contribution >= 0.6 is 0 Å². The van der Waals surface area contributed by atoms with Crippen molar-refractivity contribution in [2.75, 3.05) is 7.05 Å². The van der Waals surface area contributed by atoms with Crippen LogP contribution in [0.3, 0.4) is 0 Å². The van der Waals surface area contributed by atoms with Gasteiger partial charge in [0, 0.05) is 25.0 Å². The van der Waals surface area contributed by atoms with Crippen molar-refractivity contribution in [2.45, 2.75) is 27.3 Å². The number of hydrogen-bond donors (Lipinski definition) is 0. The SMILES string of the molecule is Cc1cc(C)n2nc(C)c(C(=O)N(C)Cc3ccc(F)c(F)c3)c2n1. The molecule has 0 saturated carbocycles. The molecule has 3 rings (SSSR count). The second-order valence-corrected chi connectivity index (χ2v) is 6.14. The van der Waals surface area contributed by atoms with Crippen LogP contribution in [0.4, 0.5) is 8.78 Å². The summed E-state index contributed by atoms with van der Waals surface area (Å²) in [6.45, 7) is 5.65. The standard InChI is InChI=1S/C18H18F2N4O/c1-10-7-11(2)24-17(21-10)16(12(3)22-24)18(25)23(4)9-13-5-6-14(19)15(20)8-13/h5-8H,9H2,1-4H3. The van der Waals surface area contributed by atoms with Crippen molar-refractivity contribution < 1.29 is 13.6 Å². The van der Waals surface area contributed by atoms with Gasteiger partial charge in [0.15, 0.2) is 17.3 Å². The summed E-state index contributed by atoms with van der Waals surface area (Å²) >= 11 is 0. The van der Waals surface area contributed by atoms with Gasteiger partial charge in [-0.15, -0.1) is 0 Å². The van der Waals surface area contributed by atoms with Crippen LogP contribution in [-0.2, 0) is 6.54 Å². The number of carbonyl (C=O) groups excluding carboxylic acids is 1. The first kappa shape index (κ1) is 17.0. The molecule has 0 bridgehead atoms. The van der Waals surface area contributed by atoms with E-state index in [0.717, 1.165) is 23.5 Å². The molecule has 2 aromatic heterocycles. The van der Waals surface area contributed by atoms with Crippen LogP contribution in [0.5, 0.6) is 0 Å². The van der Waals surface area contributed by atoms with Crippen LogP contribution in [0.2, 0.25) is 0 Å². The van der Waals surface area contributed by atoms with E-state index in [0.29, 0.717) is 22.5 Å². The number of carbonyl (C=O) groups is 1. The first-order chi connectivity index (χ1) is 11.8. The van der Waals surface area contributed by atoms with Crippen molar-refractivity contribution in [3.63, 3.8) is 0 Å². The molecule has 3 aromatic rings. The summed E-state index contributed by atoms with van der Waals surface area (Å²) in [4.78, 5) is 18.8. The molecular weight excluding hydrogens is 326 g/mol. The number of amides is 1. The number of aromatic nitrogens is 3. The zero-order valence-corrected chi connectivity index (χ0v) is 14.5. The smallest absolute Gasteiger partial charge is 0.259 e. The summed E-state index contributed by atoms with van der Waals surface area (Å²) in [5.41, 5.74) is 3.66.